The van der Waals surface area contributed by atoms with Crippen LogP contribution >= 0.6 is 0 Å². The maximum absolute atomic E-state index is 4.39. The quantitative estimate of drug-likeness (QED) is 0.753. The Kier molecular flexibility index (Phi) is 2.66. The first kappa shape index (κ1) is 11.5. The van der Waals surface area contributed by atoms with E-state index >= 15 is 0 Å². The number of nitrogens with one attached hydrogen (secondary N) is 1. The Bertz CT molecular complexity index is 764. The number of aromatic nitrogens is 1. The van der Waals surface area contributed by atoms with Crippen molar-refractivity contribution in [1.82, 2.24) is 4.98 Å². The van der Waals surface area contributed by atoms with Gasteiger partial charge in [0.1, 0.15) is 5.82 Å². The molecule has 1 aliphatic rings. The van der Waals surface area contributed by atoms with Crippen LogP contribution in [0.4, 0.5) is 5.82 Å². The fourth-order valence-electron chi connectivity index (χ4n) is 3.06. The van der Waals surface area contributed by atoms with Gasteiger partial charge in [-0.25, -0.2) is 4.98 Å². The average Bonchev–Trinajstić information content (AvgIpc) is 2.91. The second kappa shape index (κ2) is 4.64. The minimum atomic E-state index is 0.528. The first-order valence-corrected chi connectivity index (χ1v) is 7.06. The molecule has 1 N–H and O–H groups in total. The van der Waals surface area contributed by atoms with Crippen LogP contribution in [0.5, 0.6) is 0 Å². The highest BCUT2D eigenvalue weighted by atomic mass is 15.0. The second-order valence-electron chi connectivity index (χ2n) is 5.40. The van der Waals surface area contributed by atoms with E-state index < -0.39 is 0 Å². The van der Waals surface area contributed by atoms with E-state index in [2.05, 4.69) is 58.8 Å². The highest BCUT2D eigenvalue weighted by Gasteiger charge is 2.22. The highest BCUT2D eigenvalue weighted by molar-refractivity contribution is 5.83. The molecule has 98 valence electrons. The van der Waals surface area contributed by atoms with Crippen molar-refractivity contribution in [2.75, 3.05) is 11.9 Å². The smallest absolute Gasteiger partial charge is 0.129 e. The molecule has 2 heterocycles. The van der Waals surface area contributed by atoms with E-state index in [4.69, 9.17) is 0 Å². The molecule has 2 aromatic carbocycles. The first-order valence-electron chi connectivity index (χ1n) is 7.06. The lowest BCUT2D eigenvalue weighted by Gasteiger charge is -2.10. The summed E-state index contributed by atoms with van der Waals surface area (Å²) < 4.78 is 0. The number of hydrogen-bond acceptors (Lipinski definition) is 2. The van der Waals surface area contributed by atoms with E-state index in [0.717, 1.165) is 18.8 Å². The number of fused-ring (bicyclic) bond motifs is 2. The van der Waals surface area contributed by atoms with Crippen LogP contribution in [-0.4, -0.2) is 11.5 Å². The topological polar surface area (TPSA) is 24.9 Å². The van der Waals surface area contributed by atoms with Crippen LogP contribution in [0.2, 0.25) is 0 Å². The number of nitrogens with zero attached hydrogens (tertiary/aromatic N) is 1. The molecule has 4 rings (SSSR count). The normalized spacial score (nSPS) is 16.9. The average molecular weight is 260 g/mol. The number of pyridine rings is 1. The van der Waals surface area contributed by atoms with Gasteiger partial charge in [0.2, 0.25) is 0 Å². The minimum Gasteiger partial charge on any atom is -0.369 e. The lowest BCUT2D eigenvalue weighted by molar-refractivity contribution is 0.752. The van der Waals surface area contributed by atoms with Crippen LogP contribution in [0, 0.1) is 0 Å². The zero-order valence-electron chi connectivity index (χ0n) is 11.2. The van der Waals surface area contributed by atoms with E-state index in [1.165, 1.54) is 21.9 Å². The molecule has 1 unspecified atom stereocenters. The van der Waals surface area contributed by atoms with Crippen molar-refractivity contribution in [2.45, 2.75) is 12.3 Å². The fourth-order valence-corrected chi connectivity index (χ4v) is 3.06. The number of hydrogen-bond donors (Lipinski definition) is 1. The fraction of sp³-hybridized carbons (Fsp3) is 0.167. The standard InChI is InChI=1S/C18H16N2/c1-2-5-15-10-13(7-8-14(15)4-1)11-16-12-20-18-17(16)6-3-9-19-18/h1-10,16H,11-12H2,(H,19,20). The molecule has 0 saturated heterocycles. The van der Waals surface area contributed by atoms with Crippen molar-refractivity contribution in [3.8, 4) is 0 Å². The Balaban J connectivity index is 1.65. The molecule has 3 aromatic rings. The van der Waals surface area contributed by atoms with Gasteiger partial charge in [0.05, 0.1) is 0 Å². The van der Waals surface area contributed by atoms with E-state index in [1.807, 2.05) is 12.3 Å². The molecule has 0 radical (unpaired) electrons. The van der Waals surface area contributed by atoms with Crippen molar-refractivity contribution in [3.05, 3.63) is 71.9 Å². The summed E-state index contributed by atoms with van der Waals surface area (Å²) >= 11 is 0. The van der Waals surface area contributed by atoms with E-state index in [0.29, 0.717) is 5.92 Å². The molecule has 2 nitrogen and oxygen atoms in total. The predicted molar refractivity (Wildman–Crippen MR) is 83.1 cm³/mol. The van der Waals surface area contributed by atoms with Gasteiger partial charge in [-0.2, -0.15) is 0 Å². The molecule has 0 aliphatic carbocycles. The van der Waals surface area contributed by atoms with Crippen LogP contribution in [0.1, 0.15) is 17.0 Å². The van der Waals surface area contributed by atoms with Crippen molar-refractivity contribution in [2.24, 2.45) is 0 Å². The van der Waals surface area contributed by atoms with Gasteiger partial charge in [0.25, 0.3) is 0 Å². The molecule has 1 atom stereocenters. The van der Waals surface area contributed by atoms with Crippen LogP contribution < -0.4 is 5.32 Å². The van der Waals surface area contributed by atoms with Crippen LogP contribution in [0.15, 0.2) is 60.8 Å². The van der Waals surface area contributed by atoms with Gasteiger partial charge in [-0.05, 0) is 34.4 Å². The number of anilines is 1. The van der Waals surface area contributed by atoms with Gasteiger partial charge in [-0.1, -0.05) is 48.5 Å². The van der Waals surface area contributed by atoms with Crippen molar-refractivity contribution >= 4 is 16.6 Å². The molecule has 0 amide bonds. The van der Waals surface area contributed by atoms with Gasteiger partial charge in [-0.15, -0.1) is 0 Å². The summed E-state index contributed by atoms with van der Waals surface area (Å²) in [7, 11) is 0. The molecule has 20 heavy (non-hydrogen) atoms. The van der Waals surface area contributed by atoms with Gasteiger partial charge in [0, 0.05) is 18.7 Å². The molecule has 0 bridgehead atoms. The maximum atomic E-state index is 4.39. The third-order valence-corrected chi connectivity index (χ3v) is 4.09. The molecule has 2 heteroatoms. The predicted octanol–water partition coefficient (Wildman–Crippen LogP) is 3.99. The van der Waals surface area contributed by atoms with E-state index in [1.54, 1.807) is 0 Å². The molecular formula is C18H16N2. The summed E-state index contributed by atoms with van der Waals surface area (Å²) in [4.78, 5) is 4.39. The zero-order chi connectivity index (χ0) is 13.4. The zero-order valence-corrected chi connectivity index (χ0v) is 11.2. The third kappa shape index (κ3) is 1.94. The highest BCUT2D eigenvalue weighted by Crippen LogP contribution is 2.32. The maximum Gasteiger partial charge on any atom is 0.129 e. The molecule has 0 spiro atoms. The summed E-state index contributed by atoms with van der Waals surface area (Å²) in [5, 5.41) is 6.03. The molecule has 0 fully saturated rings. The SMILES string of the molecule is c1cnc2c(c1)C(Cc1ccc3ccccc3c1)CN2. The van der Waals surface area contributed by atoms with E-state index in [9.17, 15) is 0 Å². The van der Waals surface area contributed by atoms with Gasteiger partial charge in [0.15, 0.2) is 0 Å². The molecular weight excluding hydrogens is 244 g/mol. The third-order valence-electron chi connectivity index (χ3n) is 4.09. The number of benzene rings is 2. The van der Waals surface area contributed by atoms with Gasteiger partial charge < -0.3 is 5.32 Å². The van der Waals surface area contributed by atoms with Crippen molar-refractivity contribution in [3.63, 3.8) is 0 Å². The largest absolute Gasteiger partial charge is 0.369 e. The van der Waals surface area contributed by atoms with Crippen molar-refractivity contribution in [1.29, 1.82) is 0 Å². The van der Waals surface area contributed by atoms with Gasteiger partial charge in [-0.3, -0.25) is 0 Å². The monoisotopic (exact) mass is 260 g/mol. The Morgan fingerprint density at radius 1 is 1.00 bits per heavy atom. The summed E-state index contributed by atoms with van der Waals surface area (Å²) in [5.74, 6) is 1.58. The lowest BCUT2D eigenvalue weighted by atomic mass is 9.93. The van der Waals surface area contributed by atoms with Crippen LogP contribution in [-0.2, 0) is 6.42 Å². The van der Waals surface area contributed by atoms with Crippen molar-refractivity contribution < 1.29 is 0 Å². The number of rotatable bonds is 2. The molecule has 1 aliphatic heterocycles. The minimum absolute atomic E-state index is 0.528. The Hall–Kier alpha value is -2.35. The molecule has 0 saturated carbocycles. The molecule has 1 aromatic heterocycles. The Morgan fingerprint density at radius 2 is 1.90 bits per heavy atom. The summed E-state index contributed by atoms with van der Waals surface area (Å²) in [5.41, 5.74) is 2.74. The summed E-state index contributed by atoms with van der Waals surface area (Å²) in [6.45, 7) is 0.985. The lowest BCUT2D eigenvalue weighted by Crippen LogP contribution is -2.05. The van der Waals surface area contributed by atoms with Crippen LogP contribution in [0.3, 0.4) is 0 Å². The summed E-state index contributed by atoms with van der Waals surface area (Å²) in [6, 6.07) is 19.5. The first-order chi connectivity index (χ1) is 9.90. The van der Waals surface area contributed by atoms with Gasteiger partial charge >= 0.3 is 0 Å². The Morgan fingerprint density at radius 3 is 2.85 bits per heavy atom. The summed E-state index contributed by atoms with van der Waals surface area (Å²) in [6.07, 6.45) is 2.92. The second-order valence-corrected chi connectivity index (χ2v) is 5.40. The Labute approximate surface area is 118 Å². The van der Waals surface area contributed by atoms with Crippen LogP contribution in [0.25, 0.3) is 10.8 Å². The van der Waals surface area contributed by atoms with E-state index in [-0.39, 0.29) is 0 Å².